The molecular weight excluding hydrogens is 363 g/mol. The number of methoxy groups -OCH3 is 1. The van der Waals surface area contributed by atoms with E-state index in [1.54, 1.807) is 18.2 Å². The molecule has 1 fully saturated rings. The normalized spacial score (nSPS) is 19.0. The summed E-state index contributed by atoms with van der Waals surface area (Å²) in [6.07, 6.45) is 4.34. The van der Waals surface area contributed by atoms with E-state index < -0.39 is 5.82 Å². The van der Waals surface area contributed by atoms with E-state index in [2.05, 4.69) is 20.6 Å². The number of rotatable bonds is 5. The first-order valence-corrected chi connectivity index (χ1v) is 9.20. The third-order valence-corrected chi connectivity index (χ3v) is 4.87. The number of aromatic nitrogens is 2. The van der Waals surface area contributed by atoms with Gasteiger partial charge in [0.25, 0.3) is 0 Å². The minimum absolute atomic E-state index is 0.0427. The first kappa shape index (κ1) is 19.7. The van der Waals surface area contributed by atoms with E-state index in [4.69, 9.17) is 4.74 Å². The summed E-state index contributed by atoms with van der Waals surface area (Å²) in [6, 6.07) is 6.23. The maximum absolute atomic E-state index is 13.6. The molecule has 0 spiro atoms. The van der Waals surface area contributed by atoms with E-state index in [0.29, 0.717) is 29.9 Å². The van der Waals surface area contributed by atoms with E-state index >= 15 is 0 Å². The Bertz CT molecular complexity index is 866. The second kappa shape index (κ2) is 8.77. The number of nitrogens with zero attached hydrogens (tertiary/aromatic N) is 2. The number of ether oxygens (including phenoxy) is 1. The average molecular weight is 386 g/mol. The number of nitrogens with one attached hydrogen (secondary N) is 2. The molecule has 1 aromatic carbocycles. The van der Waals surface area contributed by atoms with Crippen molar-refractivity contribution in [3.8, 4) is 17.0 Å². The number of hydrogen-bond acceptors (Lipinski definition) is 5. The zero-order valence-electron chi connectivity index (χ0n) is 15.9. The second-order valence-corrected chi connectivity index (χ2v) is 6.88. The Morgan fingerprint density at radius 1 is 1.14 bits per heavy atom. The highest BCUT2D eigenvalue weighted by Gasteiger charge is 2.27. The predicted octanol–water partition coefficient (Wildman–Crippen LogP) is 2.92. The Labute approximate surface area is 162 Å². The van der Waals surface area contributed by atoms with Gasteiger partial charge in [-0.2, -0.15) is 0 Å². The third kappa shape index (κ3) is 4.82. The van der Waals surface area contributed by atoms with Gasteiger partial charge in [-0.05, 0) is 43.9 Å². The van der Waals surface area contributed by atoms with Crippen LogP contribution in [-0.4, -0.2) is 34.9 Å². The molecule has 7 nitrogen and oxygen atoms in total. The van der Waals surface area contributed by atoms with Crippen LogP contribution < -0.4 is 15.4 Å². The molecule has 0 unspecified atom stereocenters. The fourth-order valence-corrected chi connectivity index (χ4v) is 3.42. The summed E-state index contributed by atoms with van der Waals surface area (Å²) in [6.45, 7) is 1.50. The molecule has 2 amide bonds. The monoisotopic (exact) mass is 386 g/mol. The number of benzene rings is 1. The lowest BCUT2D eigenvalue weighted by molar-refractivity contribution is -0.121. The van der Waals surface area contributed by atoms with E-state index in [0.717, 1.165) is 12.8 Å². The molecule has 148 valence electrons. The Kier molecular flexibility index (Phi) is 6.18. The van der Waals surface area contributed by atoms with Gasteiger partial charge in [-0.25, -0.2) is 14.4 Å². The topological polar surface area (TPSA) is 93.2 Å². The largest absolute Gasteiger partial charge is 0.494 e. The molecule has 28 heavy (non-hydrogen) atoms. The molecule has 2 N–H and O–H groups in total. The quantitative estimate of drug-likeness (QED) is 0.824. The van der Waals surface area contributed by atoms with Crippen LogP contribution >= 0.6 is 0 Å². The van der Waals surface area contributed by atoms with Crippen molar-refractivity contribution in [1.82, 2.24) is 15.3 Å². The van der Waals surface area contributed by atoms with Crippen LogP contribution in [0.4, 0.5) is 10.2 Å². The Morgan fingerprint density at radius 2 is 1.89 bits per heavy atom. The van der Waals surface area contributed by atoms with E-state index in [9.17, 15) is 14.0 Å². The van der Waals surface area contributed by atoms with Crippen LogP contribution in [-0.2, 0) is 9.59 Å². The van der Waals surface area contributed by atoms with Crippen molar-refractivity contribution >= 4 is 17.6 Å². The molecule has 0 atom stereocenters. The van der Waals surface area contributed by atoms with Crippen LogP contribution in [0.3, 0.4) is 0 Å². The molecule has 1 aliphatic carbocycles. The van der Waals surface area contributed by atoms with Crippen molar-refractivity contribution in [2.45, 2.75) is 38.6 Å². The van der Waals surface area contributed by atoms with Gasteiger partial charge in [0, 0.05) is 30.5 Å². The second-order valence-electron chi connectivity index (χ2n) is 6.88. The van der Waals surface area contributed by atoms with Gasteiger partial charge in [0.05, 0.1) is 12.8 Å². The summed E-state index contributed by atoms with van der Waals surface area (Å²) in [5, 5.41) is 5.74. The summed E-state index contributed by atoms with van der Waals surface area (Å²) in [4.78, 5) is 32.0. The third-order valence-electron chi connectivity index (χ3n) is 4.87. The predicted molar refractivity (Wildman–Crippen MR) is 102 cm³/mol. The summed E-state index contributed by atoms with van der Waals surface area (Å²) in [7, 11) is 1.40. The van der Waals surface area contributed by atoms with Gasteiger partial charge in [0.2, 0.25) is 11.8 Å². The highest BCUT2D eigenvalue weighted by atomic mass is 19.1. The molecule has 2 aromatic rings. The SMILES string of the molecule is COc1cc(-c2cc(NC(=O)C3CCC(NC(C)=O)CC3)ncn2)ccc1F. The summed E-state index contributed by atoms with van der Waals surface area (Å²) < 4.78 is 18.6. The summed E-state index contributed by atoms with van der Waals surface area (Å²) in [5.74, 6) is -0.195. The molecule has 1 aromatic heterocycles. The van der Waals surface area contributed by atoms with Crippen molar-refractivity contribution in [3.05, 3.63) is 36.4 Å². The summed E-state index contributed by atoms with van der Waals surface area (Å²) in [5.41, 5.74) is 1.21. The molecule has 8 heteroatoms. The van der Waals surface area contributed by atoms with Crippen molar-refractivity contribution in [2.24, 2.45) is 5.92 Å². The van der Waals surface area contributed by atoms with Gasteiger partial charge >= 0.3 is 0 Å². The first-order valence-electron chi connectivity index (χ1n) is 9.20. The van der Waals surface area contributed by atoms with E-state index in [1.807, 2.05) is 0 Å². The lowest BCUT2D eigenvalue weighted by atomic mass is 9.85. The fourth-order valence-electron chi connectivity index (χ4n) is 3.42. The maximum atomic E-state index is 13.6. The Hall–Kier alpha value is -3.03. The van der Waals surface area contributed by atoms with Crippen molar-refractivity contribution in [1.29, 1.82) is 0 Å². The molecule has 1 aliphatic rings. The van der Waals surface area contributed by atoms with Crippen LogP contribution in [0.25, 0.3) is 11.3 Å². The maximum Gasteiger partial charge on any atom is 0.228 e. The lowest BCUT2D eigenvalue weighted by Crippen LogP contribution is -2.38. The van der Waals surface area contributed by atoms with Gasteiger partial charge in [-0.15, -0.1) is 0 Å². The molecule has 1 saturated carbocycles. The number of carbonyl (C=O) groups is 2. The molecule has 0 saturated heterocycles. The number of hydrogen-bond donors (Lipinski definition) is 2. The standard InChI is InChI=1S/C20H23FN4O3/c1-12(26)24-15-6-3-13(4-7-15)20(27)25-19-10-17(22-11-23-19)14-5-8-16(21)18(9-14)28-2/h5,8-11,13,15H,3-4,6-7H2,1-2H3,(H,24,26)(H,22,23,25,27). The van der Waals surface area contributed by atoms with Crippen LogP contribution in [0.1, 0.15) is 32.6 Å². The summed E-state index contributed by atoms with van der Waals surface area (Å²) >= 11 is 0. The number of carbonyl (C=O) groups excluding carboxylic acids is 2. The number of amides is 2. The minimum Gasteiger partial charge on any atom is -0.494 e. The van der Waals surface area contributed by atoms with Crippen molar-refractivity contribution < 1.29 is 18.7 Å². The van der Waals surface area contributed by atoms with Gasteiger partial charge in [0.15, 0.2) is 11.6 Å². The molecule has 3 rings (SSSR count). The minimum atomic E-state index is -0.455. The zero-order chi connectivity index (χ0) is 20.1. The highest BCUT2D eigenvalue weighted by Crippen LogP contribution is 2.27. The molecule has 0 bridgehead atoms. The Balaban J connectivity index is 1.65. The van der Waals surface area contributed by atoms with Gasteiger partial charge in [-0.1, -0.05) is 0 Å². The van der Waals surface area contributed by atoms with E-state index in [-0.39, 0.29) is 29.5 Å². The molecule has 0 aliphatic heterocycles. The van der Waals surface area contributed by atoms with Gasteiger partial charge in [-0.3, -0.25) is 9.59 Å². The first-order chi connectivity index (χ1) is 13.5. The van der Waals surface area contributed by atoms with Crippen LogP contribution in [0.15, 0.2) is 30.6 Å². The smallest absolute Gasteiger partial charge is 0.228 e. The van der Waals surface area contributed by atoms with Crippen molar-refractivity contribution in [3.63, 3.8) is 0 Å². The van der Waals surface area contributed by atoms with Gasteiger partial charge in [0.1, 0.15) is 12.1 Å². The van der Waals surface area contributed by atoms with Crippen LogP contribution in [0, 0.1) is 11.7 Å². The number of halogens is 1. The van der Waals surface area contributed by atoms with Gasteiger partial charge < -0.3 is 15.4 Å². The molecule has 1 heterocycles. The molecule has 0 radical (unpaired) electrons. The number of anilines is 1. The molecular formula is C20H23FN4O3. The average Bonchev–Trinajstić information content (AvgIpc) is 2.68. The van der Waals surface area contributed by atoms with Crippen LogP contribution in [0.5, 0.6) is 5.75 Å². The fraction of sp³-hybridized carbons (Fsp3) is 0.400. The Morgan fingerprint density at radius 3 is 2.57 bits per heavy atom. The van der Waals surface area contributed by atoms with Crippen molar-refractivity contribution in [2.75, 3.05) is 12.4 Å². The zero-order valence-corrected chi connectivity index (χ0v) is 15.9. The van der Waals surface area contributed by atoms with E-state index in [1.165, 1.54) is 26.4 Å². The highest BCUT2D eigenvalue weighted by molar-refractivity contribution is 5.92. The van der Waals surface area contributed by atoms with Crippen LogP contribution in [0.2, 0.25) is 0 Å². The lowest BCUT2D eigenvalue weighted by Gasteiger charge is -2.27.